The Kier molecular flexibility index (Phi) is 5.38. The largest absolute Gasteiger partial charge is 0.338 e. The van der Waals surface area contributed by atoms with Crippen molar-refractivity contribution in [3.05, 3.63) is 59.7 Å². The minimum absolute atomic E-state index is 0.0179. The lowest BCUT2D eigenvalue weighted by atomic mass is 9.91. The van der Waals surface area contributed by atoms with Gasteiger partial charge in [0.05, 0.1) is 10.6 Å². The lowest BCUT2D eigenvalue weighted by Crippen LogP contribution is -2.42. The van der Waals surface area contributed by atoms with Gasteiger partial charge in [-0.05, 0) is 67.0 Å². The molecule has 2 aromatic rings. The normalized spacial score (nSPS) is 22.3. The summed E-state index contributed by atoms with van der Waals surface area (Å²) in [6, 6.07) is 14.1. The van der Waals surface area contributed by atoms with Crippen LogP contribution < -0.4 is 4.31 Å². The standard InChI is InChI=1S/C23H28N2O3S/c1-17-14-18(2)16-24(15-17)23(26)20-9-11-21(12-10-20)29(27,28)25-13-5-7-19-6-3-4-8-22(19)25/h3-4,6,8-12,17-18H,5,7,13-16H2,1-2H3/t17-,18-/m0/s1. The maximum absolute atomic E-state index is 13.2. The zero-order valence-corrected chi connectivity index (χ0v) is 17.9. The number of hydrogen-bond donors (Lipinski definition) is 0. The van der Waals surface area contributed by atoms with Crippen molar-refractivity contribution in [1.82, 2.24) is 4.90 Å². The molecule has 6 heteroatoms. The Morgan fingerprint density at radius 3 is 2.31 bits per heavy atom. The van der Waals surface area contributed by atoms with Crippen molar-refractivity contribution >= 4 is 21.6 Å². The van der Waals surface area contributed by atoms with E-state index in [4.69, 9.17) is 0 Å². The van der Waals surface area contributed by atoms with Gasteiger partial charge in [-0.2, -0.15) is 0 Å². The second-order valence-electron chi connectivity index (χ2n) is 8.49. The highest BCUT2D eigenvalue weighted by Crippen LogP contribution is 2.32. The van der Waals surface area contributed by atoms with Crippen LogP contribution in [0.4, 0.5) is 5.69 Å². The molecule has 0 bridgehead atoms. The predicted molar refractivity (Wildman–Crippen MR) is 115 cm³/mol. The summed E-state index contributed by atoms with van der Waals surface area (Å²) in [5, 5.41) is 0. The number of amides is 1. The molecular weight excluding hydrogens is 384 g/mol. The fraction of sp³-hybridized carbons (Fsp3) is 0.435. The van der Waals surface area contributed by atoms with E-state index in [9.17, 15) is 13.2 Å². The molecule has 5 nitrogen and oxygen atoms in total. The van der Waals surface area contributed by atoms with E-state index in [0.29, 0.717) is 23.9 Å². The smallest absolute Gasteiger partial charge is 0.264 e. The van der Waals surface area contributed by atoms with Crippen molar-refractivity contribution in [2.45, 2.75) is 38.0 Å². The minimum Gasteiger partial charge on any atom is -0.338 e. The molecule has 154 valence electrons. The highest BCUT2D eigenvalue weighted by atomic mass is 32.2. The third-order valence-electron chi connectivity index (χ3n) is 5.91. The van der Waals surface area contributed by atoms with Gasteiger partial charge in [0.2, 0.25) is 0 Å². The van der Waals surface area contributed by atoms with Gasteiger partial charge in [-0.3, -0.25) is 9.10 Å². The summed E-state index contributed by atoms with van der Waals surface area (Å²) in [4.78, 5) is 15.0. The Labute approximate surface area is 173 Å². The molecule has 29 heavy (non-hydrogen) atoms. The quantitative estimate of drug-likeness (QED) is 0.767. The number of anilines is 1. The van der Waals surface area contributed by atoms with Crippen LogP contribution in [0.2, 0.25) is 0 Å². The lowest BCUT2D eigenvalue weighted by Gasteiger charge is -2.35. The molecule has 4 rings (SSSR count). The van der Waals surface area contributed by atoms with Crippen LogP contribution in [0.1, 0.15) is 42.6 Å². The van der Waals surface area contributed by atoms with Gasteiger partial charge in [-0.15, -0.1) is 0 Å². The fourth-order valence-electron chi connectivity index (χ4n) is 4.66. The van der Waals surface area contributed by atoms with Gasteiger partial charge in [-0.1, -0.05) is 32.0 Å². The van der Waals surface area contributed by atoms with Gasteiger partial charge in [0.25, 0.3) is 15.9 Å². The maximum Gasteiger partial charge on any atom is 0.264 e. The van der Waals surface area contributed by atoms with Crippen LogP contribution in [0.15, 0.2) is 53.4 Å². The molecule has 2 heterocycles. The number of para-hydroxylation sites is 1. The Hall–Kier alpha value is -2.34. The van der Waals surface area contributed by atoms with Gasteiger partial charge >= 0.3 is 0 Å². The van der Waals surface area contributed by atoms with Crippen molar-refractivity contribution in [3.63, 3.8) is 0 Å². The van der Waals surface area contributed by atoms with E-state index < -0.39 is 10.0 Å². The van der Waals surface area contributed by atoms with Crippen molar-refractivity contribution in [2.75, 3.05) is 23.9 Å². The molecule has 2 aliphatic heterocycles. The van der Waals surface area contributed by atoms with Crippen LogP contribution in [0, 0.1) is 11.8 Å². The molecular formula is C23H28N2O3S. The van der Waals surface area contributed by atoms with Crippen LogP contribution >= 0.6 is 0 Å². The SMILES string of the molecule is C[C@H]1C[C@H](C)CN(C(=O)c2ccc(S(=O)(=O)N3CCCc4ccccc43)cc2)C1. The Morgan fingerprint density at radius 1 is 0.966 bits per heavy atom. The average Bonchev–Trinajstić information content (AvgIpc) is 2.72. The molecule has 0 saturated carbocycles. The van der Waals surface area contributed by atoms with Crippen LogP contribution in [0.25, 0.3) is 0 Å². The van der Waals surface area contributed by atoms with Crippen molar-refractivity contribution in [1.29, 1.82) is 0 Å². The topological polar surface area (TPSA) is 57.7 Å². The zero-order valence-electron chi connectivity index (χ0n) is 17.0. The molecule has 0 radical (unpaired) electrons. The monoisotopic (exact) mass is 412 g/mol. The molecule has 2 aliphatic rings. The zero-order chi connectivity index (χ0) is 20.6. The molecule has 2 aromatic carbocycles. The van der Waals surface area contributed by atoms with Gasteiger partial charge < -0.3 is 4.90 Å². The summed E-state index contributed by atoms with van der Waals surface area (Å²) < 4.78 is 28.0. The number of fused-ring (bicyclic) bond motifs is 1. The number of piperidine rings is 1. The molecule has 0 aromatic heterocycles. The van der Waals surface area contributed by atoms with Crippen molar-refractivity contribution in [2.24, 2.45) is 11.8 Å². The summed E-state index contributed by atoms with van der Waals surface area (Å²) in [5.74, 6) is 0.957. The first kappa shape index (κ1) is 20.0. The number of likely N-dealkylation sites (tertiary alicyclic amines) is 1. The molecule has 0 aliphatic carbocycles. The number of rotatable bonds is 3. The number of benzene rings is 2. The van der Waals surface area contributed by atoms with Gasteiger partial charge in [0, 0.05) is 25.2 Å². The van der Waals surface area contributed by atoms with E-state index in [1.54, 1.807) is 24.3 Å². The Bertz CT molecular complexity index is 991. The summed E-state index contributed by atoms with van der Waals surface area (Å²) in [5.41, 5.74) is 2.36. The molecule has 1 fully saturated rings. The molecule has 0 spiro atoms. The molecule has 2 atom stereocenters. The highest BCUT2D eigenvalue weighted by Gasteiger charge is 2.30. The molecule has 0 N–H and O–H groups in total. The van der Waals surface area contributed by atoms with Crippen LogP contribution in [0.3, 0.4) is 0 Å². The first-order chi connectivity index (χ1) is 13.9. The number of aryl methyl sites for hydroxylation is 1. The van der Waals surface area contributed by atoms with Crippen molar-refractivity contribution < 1.29 is 13.2 Å². The fourth-order valence-corrected chi connectivity index (χ4v) is 6.20. The van der Waals surface area contributed by atoms with E-state index >= 15 is 0 Å². The van der Waals surface area contributed by atoms with Gasteiger partial charge in [0.15, 0.2) is 0 Å². The number of sulfonamides is 1. The number of carbonyl (C=O) groups excluding carboxylic acids is 1. The average molecular weight is 413 g/mol. The molecule has 1 saturated heterocycles. The summed E-state index contributed by atoms with van der Waals surface area (Å²) >= 11 is 0. The molecule has 0 unspecified atom stereocenters. The van der Waals surface area contributed by atoms with Crippen LogP contribution in [-0.4, -0.2) is 38.9 Å². The predicted octanol–water partition coefficient (Wildman–Crippen LogP) is 3.95. The van der Waals surface area contributed by atoms with Gasteiger partial charge in [0.1, 0.15) is 0 Å². The van der Waals surface area contributed by atoms with E-state index in [0.717, 1.165) is 43.6 Å². The van der Waals surface area contributed by atoms with Gasteiger partial charge in [-0.25, -0.2) is 8.42 Å². The number of carbonyl (C=O) groups is 1. The second kappa shape index (κ2) is 7.82. The van der Waals surface area contributed by atoms with Crippen LogP contribution in [-0.2, 0) is 16.4 Å². The third kappa shape index (κ3) is 3.90. The van der Waals surface area contributed by atoms with Crippen LogP contribution in [0.5, 0.6) is 0 Å². The molecule has 1 amide bonds. The van der Waals surface area contributed by atoms with Crippen molar-refractivity contribution in [3.8, 4) is 0 Å². The highest BCUT2D eigenvalue weighted by molar-refractivity contribution is 7.92. The lowest BCUT2D eigenvalue weighted by molar-refractivity contribution is 0.0623. The van der Waals surface area contributed by atoms with E-state index in [2.05, 4.69) is 13.8 Å². The maximum atomic E-state index is 13.2. The first-order valence-electron chi connectivity index (χ1n) is 10.4. The first-order valence-corrected chi connectivity index (χ1v) is 11.8. The van der Waals surface area contributed by atoms with E-state index in [-0.39, 0.29) is 10.8 Å². The summed E-state index contributed by atoms with van der Waals surface area (Å²) in [6.45, 7) is 6.33. The third-order valence-corrected chi connectivity index (χ3v) is 7.74. The van der Waals surface area contributed by atoms with E-state index in [1.807, 2.05) is 29.2 Å². The minimum atomic E-state index is -3.65. The Morgan fingerprint density at radius 2 is 1.62 bits per heavy atom. The number of nitrogens with zero attached hydrogens (tertiary/aromatic N) is 2. The second-order valence-corrected chi connectivity index (χ2v) is 10.4. The van der Waals surface area contributed by atoms with E-state index in [1.165, 1.54) is 4.31 Å². The Balaban J connectivity index is 1.57. The summed E-state index contributed by atoms with van der Waals surface area (Å²) in [7, 11) is -3.65. The summed E-state index contributed by atoms with van der Waals surface area (Å²) in [6.07, 6.45) is 2.83. The number of hydrogen-bond acceptors (Lipinski definition) is 3.